The van der Waals surface area contributed by atoms with Gasteiger partial charge in [-0.3, -0.25) is 4.98 Å². The fourth-order valence-electron chi connectivity index (χ4n) is 1.49. The molecule has 92 valence electrons. The van der Waals surface area contributed by atoms with Crippen LogP contribution >= 0.6 is 23.2 Å². The Hall–Kier alpha value is -1.78. The maximum Gasteiger partial charge on any atom is 0.337 e. The van der Waals surface area contributed by atoms with E-state index in [2.05, 4.69) is 4.98 Å². The van der Waals surface area contributed by atoms with Crippen LogP contribution in [0.25, 0.3) is 11.3 Å². The summed E-state index contributed by atoms with van der Waals surface area (Å²) >= 11 is 11.9. The molecule has 18 heavy (non-hydrogen) atoms. The first-order valence-electron chi connectivity index (χ1n) is 4.93. The van der Waals surface area contributed by atoms with E-state index in [9.17, 15) is 4.79 Å². The van der Waals surface area contributed by atoms with Gasteiger partial charge in [-0.1, -0.05) is 23.2 Å². The summed E-state index contributed by atoms with van der Waals surface area (Å²) in [5, 5.41) is 9.92. The second kappa shape index (κ2) is 4.84. The number of rotatable bonds is 2. The quantitative estimate of drug-likeness (QED) is 0.886. The summed E-state index contributed by atoms with van der Waals surface area (Å²) in [6.07, 6.45) is 1.29. The van der Waals surface area contributed by atoms with Crippen LogP contribution in [0.3, 0.4) is 0 Å². The van der Waals surface area contributed by atoms with Crippen LogP contribution < -0.4 is 5.73 Å². The fraction of sp³-hybridized carbons (Fsp3) is 0. The number of hydrogen-bond acceptors (Lipinski definition) is 3. The van der Waals surface area contributed by atoms with Crippen molar-refractivity contribution in [3.05, 3.63) is 46.1 Å². The Morgan fingerprint density at radius 1 is 1.28 bits per heavy atom. The van der Waals surface area contributed by atoms with E-state index in [1.807, 2.05) is 0 Å². The largest absolute Gasteiger partial charge is 0.478 e. The van der Waals surface area contributed by atoms with Gasteiger partial charge in [-0.2, -0.15) is 0 Å². The number of pyridine rings is 1. The number of nitrogens with zero attached hydrogens (tertiary/aromatic N) is 1. The lowest BCUT2D eigenvalue weighted by molar-refractivity contribution is 0.0698. The van der Waals surface area contributed by atoms with E-state index in [-0.39, 0.29) is 11.3 Å². The highest BCUT2D eigenvalue weighted by molar-refractivity contribution is 6.35. The number of aromatic nitrogens is 1. The second-order valence-electron chi connectivity index (χ2n) is 3.59. The van der Waals surface area contributed by atoms with Crippen molar-refractivity contribution in [3.63, 3.8) is 0 Å². The smallest absolute Gasteiger partial charge is 0.337 e. The molecule has 0 atom stereocenters. The standard InChI is InChI=1S/C12H8Cl2N2O2/c13-6-1-2-9(14)7(3-6)11-4-8(12(17)18)10(15)5-16-11/h1-5H,15H2,(H,17,18). The van der Waals surface area contributed by atoms with Gasteiger partial charge in [-0.25, -0.2) is 4.79 Å². The predicted molar refractivity (Wildman–Crippen MR) is 71.1 cm³/mol. The van der Waals surface area contributed by atoms with Gasteiger partial charge in [0.2, 0.25) is 0 Å². The average molecular weight is 283 g/mol. The van der Waals surface area contributed by atoms with Crippen LogP contribution in [0.15, 0.2) is 30.5 Å². The molecule has 0 radical (unpaired) electrons. The number of carboxylic acids is 1. The molecule has 0 fully saturated rings. The Bertz CT molecular complexity index is 629. The molecule has 1 aromatic carbocycles. The number of carboxylic acid groups (broad SMARTS) is 1. The van der Waals surface area contributed by atoms with E-state index in [0.717, 1.165) is 0 Å². The molecule has 0 unspecified atom stereocenters. The molecule has 0 aliphatic heterocycles. The average Bonchev–Trinajstić information content (AvgIpc) is 2.33. The number of hydrogen-bond donors (Lipinski definition) is 2. The van der Waals surface area contributed by atoms with Crippen molar-refractivity contribution in [3.8, 4) is 11.3 Å². The number of carbonyl (C=O) groups is 1. The van der Waals surface area contributed by atoms with Crippen LogP contribution in [0.2, 0.25) is 10.0 Å². The first kappa shape index (κ1) is 12.7. The van der Waals surface area contributed by atoms with Gasteiger partial charge >= 0.3 is 5.97 Å². The van der Waals surface area contributed by atoms with E-state index < -0.39 is 5.97 Å². The Kier molecular flexibility index (Phi) is 3.41. The molecule has 3 N–H and O–H groups in total. The lowest BCUT2D eigenvalue weighted by Gasteiger charge is -2.07. The fourth-order valence-corrected chi connectivity index (χ4v) is 1.88. The summed E-state index contributed by atoms with van der Waals surface area (Å²) in [5.41, 5.74) is 6.59. The molecule has 0 saturated carbocycles. The number of nitrogen functional groups attached to an aromatic ring is 1. The van der Waals surface area contributed by atoms with Crippen molar-refractivity contribution >= 4 is 34.9 Å². The van der Waals surface area contributed by atoms with Gasteiger partial charge in [0.1, 0.15) is 0 Å². The van der Waals surface area contributed by atoms with Gasteiger partial charge in [0.15, 0.2) is 0 Å². The van der Waals surface area contributed by atoms with Crippen LogP contribution in [-0.4, -0.2) is 16.1 Å². The van der Waals surface area contributed by atoms with E-state index in [4.69, 9.17) is 34.0 Å². The van der Waals surface area contributed by atoms with Crippen molar-refractivity contribution in [2.75, 3.05) is 5.73 Å². The predicted octanol–water partition coefficient (Wildman–Crippen LogP) is 3.34. The highest BCUT2D eigenvalue weighted by Gasteiger charge is 2.12. The summed E-state index contributed by atoms with van der Waals surface area (Å²) in [6.45, 7) is 0. The first-order valence-corrected chi connectivity index (χ1v) is 5.69. The van der Waals surface area contributed by atoms with Gasteiger partial charge in [-0.05, 0) is 24.3 Å². The maximum absolute atomic E-state index is 11.0. The summed E-state index contributed by atoms with van der Waals surface area (Å²) in [5.74, 6) is -1.12. The van der Waals surface area contributed by atoms with Crippen molar-refractivity contribution in [1.82, 2.24) is 4.98 Å². The second-order valence-corrected chi connectivity index (χ2v) is 4.43. The van der Waals surface area contributed by atoms with E-state index in [1.54, 1.807) is 18.2 Å². The van der Waals surface area contributed by atoms with Gasteiger partial charge in [0.25, 0.3) is 0 Å². The molecule has 0 saturated heterocycles. The monoisotopic (exact) mass is 282 g/mol. The zero-order valence-corrected chi connectivity index (χ0v) is 10.5. The first-order chi connectivity index (χ1) is 8.49. The van der Waals surface area contributed by atoms with Crippen LogP contribution in [0.4, 0.5) is 5.69 Å². The molecule has 2 aromatic rings. The summed E-state index contributed by atoms with van der Waals surface area (Å²) in [6, 6.07) is 6.25. The molecule has 0 bridgehead atoms. The van der Waals surface area contributed by atoms with Crippen LogP contribution in [-0.2, 0) is 0 Å². The van der Waals surface area contributed by atoms with Gasteiger partial charge in [0.05, 0.1) is 28.2 Å². The van der Waals surface area contributed by atoms with Crippen molar-refractivity contribution < 1.29 is 9.90 Å². The minimum Gasteiger partial charge on any atom is -0.478 e. The van der Waals surface area contributed by atoms with Crippen LogP contribution in [0, 0.1) is 0 Å². The Morgan fingerprint density at radius 3 is 2.67 bits per heavy atom. The number of nitrogens with two attached hydrogens (primary N) is 1. The molecular weight excluding hydrogens is 275 g/mol. The molecular formula is C12H8Cl2N2O2. The zero-order valence-electron chi connectivity index (χ0n) is 9.02. The molecule has 1 heterocycles. The molecule has 1 aromatic heterocycles. The van der Waals surface area contributed by atoms with Gasteiger partial charge in [-0.15, -0.1) is 0 Å². The SMILES string of the molecule is Nc1cnc(-c2cc(Cl)ccc2Cl)cc1C(=O)O. The van der Waals surface area contributed by atoms with E-state index in [1.165, 1.54) is 12.3 Å². The molecule has 0 aliphatic rings. The van der Waals surface area contributed by atoms with Crippen LogP contribution in [0.5, 0.6) is 0 Å². The number of halogens is 2. The normalized spacial score (nSPS) is 10.3. The maximum atomic E-state index is 11.0. The zero-order chi connectivity index (χ0) is 13.3. The van der Waals surface area contributed by atoms with E-state index in [0.29, 0.717) is 21.3 Å². The molecule has 0 amide bonds. The third kappa shape index (κ3) is 2.39. The lowest BCUT2D eigenvalue weighted by Crippen LogP contribution is -2.03. The van der Waals surface area contributed by atoms with Crippen molar-refractivity contribution in [1.29, 1.82) is 0 Å². The molecule has 6 heteroatoms. The highest BCUT2D eigenvalue weighted by atomic mass is 35.5. The Morgan fingerprint density at radius 2 is 2.00 bits per heavy atom. The van der Waals surface area contributed by atoms with Crippen molar-refractivity contribution in [2.24, 2.45) is 0 Å². The molecule has 0 aliphatic carbocycles. The molecule has 4 nitrogen and oxygen atoms in total. The summed E-state index contributed by atoms with van der Waals surface area (Å²) in [4.78, 5) is 15.1. The van der Waals surface area contributed by atoms with E-state index >= 15 is 0 Å². The minimum atomic E-state index is -1.12. The van der Waals surface area contributed by atoms with Gasteiger partial charge < -0.3 is 10.8 Å². The Labute approximate surface area is 113 Å². The van der Waals surface area contributed by atoms with Crippen molar-refractivity contribution in [2.45, 2.75) is 0 Å². The topological polar surface area (TPSA) is 76.2 Å². The van der Waals surface area contributed by atoms with Gasteiger partial charge in [0, 0.05) is 10.6 Å². The highest BCUT2D eigenvalue weighted by Crippen LogP contribution is 2.30. The number of anilines is 1. The number of benzene rings is 1. The molecule has 0 spiro atoms. The third-order valence-corrected chi connectivity index (χ3v) is 2.93. The third-order valence-electron chi connectivity index (χ3n) is 2.37. The Balaban J connectivity index is 2.61. The lowest BCUT2D eigenvalue weighted by atomic mass is 10.1. The van der Waals surface area contributed by atoms with Crippen LogP contribution in [0.1, 0.15) is 10.4 Å². The minimum absolute atomic E-state index is 0.0176. The number of aromatic carboxylic acids is 1. The summed E-state index contributed by atoms with van der Waals surface area (Å²) < 4.78 is 0. The molecule has 2 rings (SSSR count). The summed E-state index contributed by atoms with van der Waals surface area (Å²) in [7, 11) is 0.